The van der Waals surface area contributed by atoms with Gasteiger partial charge >= 0.3 is 11.8 Å². The number of rotatable bonds is 10. The van der Waals surface area contributed by atoms with Gasteiger partial charge in [0.15, 0.2) is 18.1 Å². The molecule has 0 atom stereocenters. The number of aryl methyl sites for hydroxylation is 1. The highest BCUT2D eigenvalue weighted by molar-refractivity contribution is 6.39. The quantitative estimate of drug-likeness (QED) is 0.220. The van der Waals surface area contributed by atoms with Crippen LogP contribution in [0, 0.1) is 6.92 Å². The van der Waals surface area contributed by atoms with E-state index in [2.05, 4.69) is 21.2 Å². The van der Waals surface area contributed by atoms with Gasteiger partial charge in [0.25, 0.3) is 5.91 Å². The van der Waals surface area contributed by atoms with Gasteiger partial charge in [0.05, 0.1) is 19.9 Å². The molecule has 0 aliphatic rings. The number of ether oxygens (including phenoxy) is 3. The lowest BCUT2D eigenvalue weighted by Crippen LogP contribution is -2.32. The molecule has 3 amide bonds. The minimum absolute atomic E-state index is 0.233. The van der Waals surface area contributed by atoms with Crippen LogP contribution < -0.4 is 30.3 Å². The van der Waals surface area contributed by atoms with Crippen molar-refractivity contribution in [3.8, 4) is 17.2 Å². The molecule has 3 rings (SSSR count). The molecule has 3 aromatic carbocycles. The summed E-state index contributed by atoms with van der Waals surface area (Å²) in [5.74, 6) is -0.662. The van der Waals surface area contributed by atoms with Crippen molar-refractivity contribution in [3.05, 3.63) is 77.9 Å². The molecule has 0 fully saturated rings. The summed E-state index contributed by atoms with van der Waals surface area (Å²) >= 11 is 0. The fourth-order valence-corrected chi connectivity index (χ4v) is 3.13. The Bertz CT molecular complexity index is 1270. The van der Waals surface area contributed by atoms with E-state index in [1.165, 1.54) is 13.3 Å². The SMILES string of the molecule is CCOc1ccc(NC(=O)COc2ccc(/C=N\NC(=O)C(=O)Nc3ccccc3C)cc2OC)cc1. The molecule has 0 bridgehead atoms. The molecule has 10 heteroatoms. The molecule has 192 valence electrons. The number of anilines is 2. The van der Waals surface area contributed by atoms with E-state index in [9.17, 15) is 14.4 Å². The van der Waals surface area contributed by atoms with Crippen molar-refractivity contribution in [1.82, 2.24) is 5.43 Å². The van der Waals surface area contributed by atoms with Crippen molar-refractivity contribution < 1.29 is 28.6 Å². The molecule has 0 spiro atoms. The third-order valence-electron chi connectivity index (χ3n) is 4.97. The average Bonchev–Trinajstić information content (AvgIpc) is 2.90. The van der Waals surface area contributed by atoms with Crippen LogP contribution in [0.4, 0.5) is 11.4 Å². The van der Waals surface area contributed by atoms with Crippen LogP contribution in [0.25, 0.3) is 0 Å². The van der Waals surface area contributed by atoms with E-state index in [0.717, 1.165) is 11.3 Å². The zero-order valence-corrected chi connectivity index (χ0v) is 20.7. The van der Waals surface area contributed by atoms with Crippen molar-refractivity contribution in [1.29, 1.82) is 0 Å². The summed E-state index contributed by atoms with van der Waals surface area (Å²) in [7, 11) is 1.46. The van der Waals surface area contributed by atoms with E-state index in [4.69, 9.17) is 14.2 Å². The Morgan fingerprint density at radius 2 is 1.65 bits per heavy atom. The van der Waals surface area contributed by atoms with E-state index < -0.39 is 11.8 Å². The highest BCUT2D eigenvalue weighted by atomic mass is 16.5. The zero-order valence-electron chi connectivity index (χ0n) is 20.7. The Morgan fingerprint density at radius 3 is 2.35 bits per heavy atom. The van der Waals surface area contributed by atoms with Crippen LogP contribution in [-0.4, -0.2) is 44.3 Å². The van der Waals surface area contributed by atoms with Crippen LogP contribution in [0.3, 0.4) is 0 Å². The highest BCUT2D eigenvalue weighted by Crippen LogP contribution is 2.27. The molecule has 3 aromatic rings. The maximum absolute atomic E-state index is 12.3. The summed E-state index contributed by atoms with van der Waals surface area (Å²) < 4.78 is 16.3. The van der Waals surface area contributed by atoms with E-state index in [0.29, 0.717) is 35.0 Å². The van der Waals surface area contributed by atoms with Crippen molar-refractivity contribution in [2.75, 3.05) is 31.0 Å². The molecule has 0 radical (unpaired) electrons. The number of methoxy groups -OCH3 is 1. The van der Waals surface area contributed by atoms with E-state index in [-0.39, 0.29) is 12.5 Å². The smallest absolute Gasteiger partial charge is 0.329 e. The van der Waals surface area contributed by atoms with Gasteiger partial charge in [-0.2, -0.15) is 5.10 Å². The molecule has 0 saturated heterocycles. The number of nitrogens with zero attached hydrogens (tertiary/aromatic N) is 1. The third kappa shape index (κ3) is 8.10. The lowest BCUT2D eigenvalue weighted by molar-refractivity contribution is -0.136. The van der Waals surface area contributed by atoms with Crippen molar-refractivity contribution in [2.24, 2.45) is 5.10 Å². The van der Waals surface area contributed by atoms with Gasteiger partial charge in [-0.1, -0.05) is 18.2 Å². The number of amides is 3. The minimum atomic E-state index is -0.912. The Hall–Kier alpha value is -4.86. The van der Waals surface area contributed by atoms with E-state index >= 15 is 0 Å². The molecule has 37 heavy (non-hydrogen) atoms. The topological polar surface area (TPSA) is 127 Å². The standard InChI is InChI=1S/C27H28N4O6/c1-4-36-21-12-10-20(11-13-21)29-25(32)17-37-23-14-9-19(15-24(23)35-3)16-28-31-27(34)26(33)30-22-8-6-5-7-18(22)2/h5-16H,4,17H2,1-3H3,(H,29,32)(H,30,33)(H,31,34)/b28-16-. The van der Waals surface area contributed by atoms with Gasteiger partial charge in [0, 0.05) is 11.4 Å². The summed E-state index contributed by atoms with van der Waals surface area (Å²) in [5.41, 5.74) is 4.74. The van der Waals surface area contributed by atoms with Crippen LogP contribution in [0.15, 0.2) is 71.8 Å². The summed E-state index contributed by atoms with van der Waals surface area (Å²) in [6.45, 7) is 4.05. The van der Waals surface area contributed by atoms with Gasteiger partial charge in [0.2, 0.25) is 0 Å². The summed E-state index contributed by atoms with van der Waals surface area (Å²) in [6, 6.07) is 19.0. The Balaban J connectivity index is 1.51. The monoisotopic (exact) mass is 504 g/mol. The van der Waals surface area contributed by atoms with Crippen LogP contribution in [0.2, 0.25) is 0 Å². The van der Waals surface area contributed by atoms with Gasteiger partial charge in [-0.25, -0.2) is 5.43 Å². The molecule has 3 N–H and O–H groups in total. The van der Waals surface area contributed by atoms with E-state index in [1.54, 1.807) is 54.6 Å². The second kappa shape index (κ2) is 13.3. The third-order valence-corrected chi connectivity index (χ3v) is 4.97. The van der Waals surface area contributed by atoms with Crippen molar-refractivity contribution >= 4 is 35.3 Å². The number of carbonyl (C=O) groups excluding carboxylic acids is 3. The van der Waals surface area contributed by atoms with Gasteiger partial charge < -0.3 is 24.8 Å². The van der Waals surface area contributed by atoms with Gasteiger partial charge in [-0.3, -0.25) is 14.4 Å². The Labute approximate surface area is 214 Å². The van der Waals surface area contributed by atoms with Crippen LogP contribution in [0.1, 0.15) is 18.1 Å². The summed E-state index contributed by atoms with van der Waals surface area (Å²) in [4.78, 5) is 36.3. The first-order chi connectivity index (χ1) is 17.9. The highest BCUT2D eigenvalue weighted by Gasteiger charge is 2.14. The summed E-state index contributed by atoms with van der Waals surface area (Å²) in [5, 5.41) is 9.09. The molecule has 0 aliphatic heterocycles. The lowest BCUT2D eigenvalue weighted by Gasteiger charge is -2.12. The van der Waals surface area contributed by atoms with Gasteiger partial charge in [0.1, 0.15) is 5.75 Å². The van der Waals surface area contributed by atoms with Gasteiger partial charge in [-0.05, 0) is 73.5 Å². The number of nitrogens with one attached hydrogen (secondary N) is 3. The Morgan fingerprint density at radius 1 is 0.892 bits per heavy atom. The predicted octanol–water partition coefficient (Wildman–Crippen LogP) is 3.51. The largest absolute Gasteiger partial charge is 0.494 e. The van der Waals surface area contributed by atoms with Crippen molar-refractivity contribution in [2.45, 2.75) is 13.8 Å². The van der Waals surface area contributed by atoms with Crippen molar-refractivity contribution in [3.63, 3.8) is 0 Å². The van der Waals surface area contributed by atoms with Crippen LogP contribution in [0.5, 0.6) is 17.2 Å². The Kier molecular flexibility index (Phi) is 9.60. The number of carbonyl (C=O) groups is 3. The first kappa shape index (κ1) is 26.7. The average molecular weight is 505 g/mol. The fraction of sp³-hybridized carbons (Fsp3) is 0.185. The number of hydrazone groups is 1. The zero-order chi connectivity index (χ0) is 26.6. The fourth-order valence-electron chi connectivity index (χ4n) is 3.13. The molecule has 0 aliphatic carbocycles. The first-order valence-electron chi connectivity index (χ1n) is 11.4. The number of para-hydroxylation sites is 1. The lowest BCUT2D eigenvalue weighted by atomic mass is 10.2. The minimum Gasteiger partial charge on any atom is -0.494 e. The van der Waals surface area contributed by atoms with Gasteiger partial charge in [-0.15, -0.1) is 0 Å². The van der Waals surface area contributed by atoms with Crippen LogP contribution in [-0.2, 0) is 14.4 Å². The van der Waals surface area contributed by atoms with E-state index in [1.807, 2.05) is 26.0 Å². The predicted molar refractivity (Wildman–Crippen MR) is 140 cm³/mol. The molecule has 0 heterocycles. The molecule has 0 unspecified atom stereocenters. The normalized spacial score (nSPS) is 10.5. The number of benzene rings is 3. The second-order valence-corrected chi connectivity index (χ2v) is 7.67. The molecule has 0 saturated carbocycles. The number of hydrogen-bond acceptors (Lipinski definition) is 7. The second-order valence-electron chi connectivity index (χ2n) is 7.67. The number of hydrogen-bond donors (Lipinski definition) is 3. The molecule has 0 aromatic heterocycles. The first-order valence-corrected chi connectivity index (χ1v) is 11.4. The maximum Gasteiger partial charge on any atom is 0.329 e. The summed E-state index contributed by atoms with van der Waals surface area (Å²) in [6.07, 6.45) is 1.35. The molecule has 10 nitrogen and oxygen atoms in total. The maximum atomic E-state index is 12.3. The van der Waals surface area contributed by atoms with Crippen LogP contribution >= 0.6 is 0 Å². The molecular formula is C27H28N4O6. The molecular weight excluding hydrogens is 476 g/mol.